The molecule has 0 aliphatic rings. The van der Waals surface area contributed by atoms with Gasteiger partial charge in [-0.25, -0.2) is 0 Å². The van der Waals surface area contributed by atoms with Gasteiger partial charge >= 0.3 is 0 Å². The highest BCUT2D eigenvalue weighted by Crippen LogP contribution is 2.16. The summed E-state index contributed by atoms with van der Waals surface area (Å²) in [5, 5.41) is 14.9. The maximum atomic E-state index is 5.30. The van der Waals surface area contributed by atoms with E-state index in [1.165, 1.54) is 0 Å². The van der Waals surface area contributed by atoms with Crippen LogP contribution < -0.4 is 0 Å². The minimum atomic E-state index is 0.641. The Bertz CT molecular complexity index is 713. The van der Waals surface area contributed by atoms with Crippen molar-refractivity contribution < 1.29 is 0 Å². The average Bonchev–Trinajstić information content (AvgIpc) is 3.11. The van der Waals surface area contributed by atoms with Gasteiger partial charge in [-0.1, -0.05) is 35.5 Å². The Kier molecular flexibility index (Phi) is 3.69. The fourth-order valence-corrected chi connectivity index (χ4v) is 2.30. The second kappa shape index (κ2) is 5.79. The quantitative estimate of drug-likeness (QED) is 0.731. The summed E-state index contributed by atoms with van der Waals surface area (Å²) in [5.74, 6) is 0.870. The number of nitrogens with one attached hydrogen (secondary N) is 1. The smallest absolute Gasteiger partial charge is 0.195 e. The molecule has 0 saturated carbocycles. The number of benzene rings is 1. The lowest BCUT2D eigenvalue weighted by Gasteiger charge is -2.06. The van der Waals surface area contributed by atoms with Crippen LogP contribution in [0.1, 0.15) is 6.42 Å². The Morgan fingerprint density at radius 3 is 2.75 bits per heavy atom. The summed E-state index contributed by atoms with van der Waals surface area (Å²) in [6.07, 6.45) is 4.45. The van der Waals surface area contributed by atoms with Crippen LogP contribution in [0.2, 0.25) is 0 Å². The van der Waals surface area contributed by atoms with Crippen LogP contribution in [0.15, 0.2) is 42.7 Å². The van der Waals surface area contributed by atoms with E-state index in [-0.39, 0.29) is 0 Å². The third kappa shape index (κ3) is 2.67. The highest BCUT2D eigenvalue weighted by molar-refractivity contribution is 7.71. The third-order valence-corrected chi connectivity index (χ3v) is 3.34. The van der Waals surface area contributed by atoms with Gasteiger partial charge < -0.3 is 4.57 Å². The second-order valence-electron chi connectivity index (χ2n) is 4.39. The molecule has 3 rings (SSSR count). The summed E-state index contributed by atoms with van der Waals surface area (Å²) in [6, 6.07) is 10.0. The molecule has 0 bridgehead atoms. The van der Waals surface area contributed by atoms with Gasteiger partial charge in [-0.2, -0.15) is 5.10 Å². The number of hydrogen-bond acceptors (Lipinski definition) is 4. The number of aromatic nitrogens is 6. The Morgan fingerprint density at radius 1 is 1.15 bits per heavy atom. The van der Waals surface area contributed by atoms with Gasteiger partial charge in [0.15, 0.2) is 10.6 Å². The molecule has 7 heteroatoms. The topological polar surface area (TPSA) is 64.3 Å². The largest absolute Gasteiger partial charge is 0.300 e. The predicted octanol–water partition coefficient (Wildman–Crippen LogP) is 2.29. The van der Waals surface area contributed by atoms with E-state index in [9.17, 15) is 0 Å². The van der Waals surface area contributed by atoms with E-state index >= 15 is 0 Å². The minimum absolute atomic E-state index is 0.641. The van der Waals surface area contributed by atoms with Gasteiger partial charge in [0, 0.05) is 24.8 Å². The third-order valence-electron chi connectivity index (χ3n) is 3.03. The van der Waals surface area contributed by atoms with Crippen molar-refractivity contribution in [1.29, 1.82) is 0 Å². The predicted molar refractivity (Wildman–Crippen MR) is 77.5 cm³/mol. The molecule has 0 radical (unpaired) electrons. The lowest BCUT2D eigenvalue weighted by molar-refractivity contribution is 0.514. The number of rotatable bonds is 5. The first kappa shape index (κ1) is 12.7. The molecule has 20 heavy (non-hydrogen) atoms. The van der Waals surface area contributed by atoms with Crippen LogP contribution in [-0.2, 0) is 13.1 Å². The fraction of sp³-hybridized carbons (Fsp3) is 0.231. The van der Waals surface area contributed by atoms with Crippen molar-refractivity contribution >= 4 is 12.2 Å². The van der Waals surface area contributed by atoms with Crippen molar-refractivity contribution in [2.45, 2.75) is 19.5 Å². The zero-order valence-electron chi connectivity index (χ0n) is 10.8. The standard InChI is InChI=1S/C13H14N6S/c20-13-16-15-12(11-5-2-1-3-6-11)19(13)9-4-8-18-10-7-14-17-18/h1-3,5-7,10H,4,8-9H2,(H,16,20). The molecule has 0 fully saturated rings. The van der Waals surface area contributed by atoms with Crippen molar-refractivity contribution in [1.82, 2.24) is 29.8 Å². The van der Waals surface area contributed by atoms with Gasteiger partial charge in [-0.05, 0) is 18.6 Å². The zero-order chi connectivity index (χ0) is 13.8. The van der Waals surface area contributed by atoms with Gasteiger partial charge in [0.05, 0.1) is 6.20 Å². The number of aryl methyl sites for hydroxylation is 1. The molecule has 2 aromatic heterocycles. The van der Waals surface area contributed by atoms with Crippen LogP contribution >= 0.6 is 12.2 Å². The highest BCUT2D eigenvalue weighted by atomic mass is 32.1. The molecule has 6 nitrogen and oxygen atoms in total. The summed E-state index contributed by atoms with van der Waals surface area (Å²) in [7, 11) is 0. The first-order chi connectivity index (χ1) is 9.84. The number of H-pyrrole nitrogens is 1. The van der Waals surface area contributed by atoms with Gasteiger partial charge in [0.2, 0.25) is 0 Å². The lowest BCUT2D eigenvalue weighted by Crippen LogP contribution is -2.06. The van der Waals surface area contributed by atoms with Crippen LogP contribution in [0.5, 0.6) is 0 Å². The maximum absolute atomic E-state index is 5.30. The number of nitrogens with zero attached hydrogens (tertiary/aromatic N) is 5. The van der Waals surface area contributed by atoms with E-state index in [1.807, 2.05) is 45.8 Å². The molecule has 102 valence electrons. The molecule has 0 amide bonds. The summed E-state index contributed by atoms with van der Waals surface area (Å²) >= 11 is 5.30. The monoisotopic (exact) mass is 286 g/mol. The summed E-state index contributed by atoms with van der Waals surface area (Å²) in [6.45, 7) is 1.60. The van der Waals surface area contributed by atoms with Crippen LogP contribution in [0.4, 0.5) is 0 Å². The second-order valence-corrected chi connectivity index (χ2v) is 4.78. The minimum Gasteiger partial charge on any atom is -0.300 e. The summed E-state index contributed by atoms with van der Waals surface area (Å²) in [5.41, 5.74) is 1.06. The first-order valence-electron chi connectivity index (χ1n) is 6.39. The molecule has 0 atom stereocenters. The Morgan fingerprint density at radius 2 is 2.00 bits per heavy atom. The van der Waals surface area contributed by atoms with E-state index < -0.39 is 0 Å². The van der Waals surface area contributed by atoms with Crippen molar-refractivity contribution in [2.24, 2.45) is 0 Å². The van der Waals surface area contributed by atoms with Crippen LogP contribution in [0, 0.1) is 4.77 Å². The van der Waals surface area contributed by atoms with E-state index in [0.717, 1.165) is 30.9 Å². The maximum Gasteiger partial charge on any atom is 0.195 e. The van der Waals surface area contributed by atoms with Gasteiger partial charge in [-0.3, -0.25) is 9.78 Å². The fourth-order valence-electron chi connectivity index (χ4n) is 2.08. The molecular formula is C13H14N6S. The molecule has 1 aromatic carbocycles. The Balaban J connectivity index is 1.76. The lowest BCUT2D eigenvalue weighted by atomic mass is 10.2. The van der Waals surface area contributed by atoms with Gasteiger partial charge in [0.1, 0.15) is 0 Å². The van der Waals surface area contributed by atoms with Crippen molar-refractivity contribution in [3.63, 3.8) is 0 Å². The Hall–Kier alpha value is -2.28. The van der Waals surface area contributed by atoms with Crippen LogP contribution in [-0.4, -0.2) is 29.8 Å². The normalized spacial score (nSPS) is 10.8. The van der Waals surface area contributed by atoms with E-state index in [2.05, 4.69) is 20.5 Å². The van der Waals surface area contributed by atoms with Crippen molar-refractivity contribution in [2.75, 3.05) is 0 Å². The molecule has 0 unspecified atom stereocenters. The molecule has 1 N–H and O–H groups in total. The first-order valence-corrected chi connectivity index (χ1v) is 6.80. The molecule has 0 aliphatic carbocycles. The Labute approximate surface area is 121 Å². The van der Waals surface area contributed by atoms with E-state index in [1.54, 1.807) is 6.20 Å². The van der Waals surface area contributed by atoms with Gasteiger partial charge in [-0.15, -0.1) is 5.10 Å². The van der Waals surface area contributed by atoms with Crippen molar-refractivity contribution in [3.8, 4) is 11.4 Å². The van der Waals surface area contributed by atoms with Crippen molar-refractivity contribution in [3.05, 3.63) is 47.5 Å². The van der Waals surface area contributed by atoms with Gasteiger partial charge in [0.25, 0.3) is 0 Å². The zero-order valence-corrected chi connectivity index (χ0v) is 11.6. The molecule has 0 saturated heterocycles. The SMILES string of the molecule is S=c1[nH]nc(-c2ccccc2)n1CCCn1ccnn1. The van der Waals surface area contributed by atoms with Crippen LogP contribution in [0.25, 0.3) is 11.4 Å². The summed E-state index contributed by atoms with van der Waals surface area (Å²) in [4.78, 5) is 0. The molecular weight excluding hydrogens is 272 g/mol. The number of hydrogen-bond donors (Lipinski definition) is 1. The molecule has 0 aliphatic heterocycles. The van der Waals surface area contributed by atoms with E-state index in [0.29, 0.717) is 4.77 Å². The number of aromatic amines is 1. The van der Waals surface area contributed by atoms with Crippen LogP contribution in [0.3, 0.4) is 0 Å². The average molecular weight is 286 g/mol. The molecule has 2 heterocycles. The molecule has 0 spiro atoms. The summed E-state index contributed by atoms with van der Waals surface area (Å²) < 4.78 is 4.47. The highest BCUT2D eigenvalue weighted by Gasteiger charge is 2.07. The molecule has 3 aromatic rings. The van der Waals surface area contributed by atoms with E-state index in [4.69, 9.17) is 12.2 Å².